The largest absolute Gasteiger partial charge is 0.463 e. The average Bonchev–Trinajstić information content (AvgIpc) is 3.29. The molecule has 1 aliphatic rings. The maximum absolute atomic E-state index is 10.2. The smallest absolute Gasteiger partial charge is 0.164 e. The standard InChI is InChI=1S/C15H14ClN3O5/c16-7-4-19(15-13(22)12(21)9(5-20)24-15)14-10(7)11(17-6-18-14)8-2-1-3-23-8/h1-4,6,9,12-13,15,20-22H,5H2/t9-,12-,13?,15-/m1/s1. The van der Waals surface area contributed by atoms with Gasteiger partial charge in [0, 0.05) is 6.20 Å². The molecule has 0 aliphatic carbocycles. The summed E-state index contributed by atoms with van der Waals surface area (Å²) in [6, 6.07) is 3.49. The highest BCUT2D eigenvalue weighted by atomic mass is 35.5. The Morgan fingerprint density at radius 3 is 2.75 bits per heavy atom. The monoisotopic (exact) mass is 351 g/mol. The molecule has 1 saturated heterocycles. The molecule has 0 aromatic carbocycles. The van der Waals surface area contributed by atoms with Gasteiger partial charge in [0.15, 0.2) is 12.0 Å². The molecule has 4 atom stereocenters. The van der Waals surface area contributed by atoms with Crippen LogP contribution in [0.2, 0.25) is 5.02 Å². The maximum atomic E-state index is 10.2. The topological polar surface area (TPSA) is 114 Å². The van der Waals surface area contributed by atoms with E-state index in [-0.39, 0.29) is 0 Å². The van der Waals surface area contributed by atoms with Crippen LogP contribution in [0.5, 0.6) is 0 Å². The molecule has 1 aliphatic heterocycles. The van der Waals surface area contributed by atoms with Crippen molar-refractivity contribution in [3.8, 4) is 11.5 Å². The quantitative estimate of drug-likeness (QED) is 0.643. The lowest BCUT2D eigenvalue weighted by Gasteiger charge is -2.17. The van der Waals surface area contributed by atoms with E-state index in [4.69, 9.17) is 20.8 Å². The number of fused-ring (bicyclic) bond motifs is 1. The minimum Gasteiger partial charge on any atom is -0.463 e. The van der Waals surface area contributed by atoms with Crippen molar-refractivity contribution >= 4 is 22.6 Å². The van der Waals surface area contributed by atoms with Crippen molar-refractivity contribution in [1.29, 1.82) is 0 Å². The van der Waals surface area contributed by atoms with Gasteiger partial charge in [-0.3, -0.25) is 0 Å². The number of hydrogen-bond donors (Lipinski definition) is 3. The molecule has 8 nitrogen and oxygen atoms in total. The molecule has 1 unspecified atom stereocenters. The summed E-state index contributed by atoms with van der Waals surface area (Å²) < 4.78 is 12.4. The summed E-state index contributed by atoms with van der Waals surface area (Å²) in [4.78, 5) is 8.44. The van der Waals surface area contributed by atoms with Crippen molar-refractivity contribution < 1.29 is 24.5 Å². The second-order valence-corrected chi connectivity index (χ2v) is 5.92. The van der Waals surface area contributed by atoms with Gasteiger partial charge in [-0.2, -0.15) is 0 Å². The van der Waals surface area contributed by atoms with E-state index < -0.39 is 31.1 Å². The van der Waals surface area contributed by atoms with E-state index in [2.05, 4.69) is 9.97 Å². The van der Waals surface area contributed by atoms with Crippen molar-refractivity contribution in [3.63, 3.8) is 0 Å². The lowest BCUT2D eigenvalue weighted by atomic mass is 10.1. The number of halogens is 1. The number of nitrogens with zero attached hydrogens (tertiary/aromatic N) is 3. The number of aromatic nitrogens is 3. The van der Waals surface area contributed by atoms with Gasteiger partial charge in [0.05, 0.1) is 23.3 Å². The summed E-state index contributed by atoms with van der Waals surface area (Å²) >= 11 is 6.34. The van der Waals surface area contributed by atoms with E-state index in [0.717, 1.165) is 0 Å². The fourth-order valence-electron chi connectivity index (χ4n) is 2.94. The van der Waals surface area contributed by atoms with E-state index >= 15 is 0 Å². The van der Waals surface area contributed by atoms with Crippen LogP contribution in [-0.2, 0) is 4.74 Å². The van der Waals surface area contributed by atoms with Gasteiger partial charge in [-0.1, -0.05) is 11.6 Å². The highest BCUT2D eigenvalue weighted by Crippen LogP contribution is 2.37. The van der Waals surface area contributed by atoms with Gasteiger partial charge in [-0.05, 0) is 12.1 Å². The number of ether oxygens (including phenoxy) is 1. The fourth-order valence-corrected chi connectivity index (χ4v) is 3.22. The van der Waals surface area contributed by atoms with E-state index in [1.54, 1.807) is 18.3 Å². The molecule has 3 aromatic rings. The zero-order valence-electron chi connectivity index (χ0n) is 12.3. The summed E-state index contributed by atoms with van der Waals surface area (Å²) in [6.07, 6.45) is 0.194. The van der Waals surface area contributed by atoms with Crippen molar-refractivity contribution in [1.82, 2.24) is 14.5 Å². The van der Waals surface area contributed by atoms with Gasteiger partial charge in [0.25, 0.3) is 0 Å². The van der Waals surface area contributed by atoms with Gasteiger partial charge in [0.1, 0.15) is 36.0 Å². The number of furan rings is 1. The first-order valence-electron chi connectivity index (χ1n) is 7.29. The molecule has 3 N–H and O–H groups in total. The Kier molecular flexibility index (Phi) is 3.78. The molecule has 4 rings (SSSR count). The lowest BCUT2D eigenvalue weighted by molar-refractivity contribution is -0.0508. The van der Waals surface area contributed by atoms with Gasteiger partial charge in [0.2, 0.25) is 0 Å². The fraction of sp³-hybridized carbons (Fsp3) is 0.333. The normalized spacial score (nSPS) is 27.2. The third-order valence-electron chi connectivity index (χ3n) is 4.11. The van der Waals surface area contributed by atoms with Crippen LogP contribution in [0.4, 0.5) is 0 Å². The third kappa shape index (κ3) is 2.23. The Morgan fingerprint density at radius 2 is 2.08 bits per heavy atom. The van der Waals surface area contributed by atoms with Crippen LogP contribution >= 0.6 is 11.6 Å². The Morgan fingerprint density at radius 1 is 1.25 bits per heavy atom. The minimum absolute atomic E-state index is 0.356. The van der Waals surface area contributed by atoms with Gasteiger partial charge < -0.3 is 29.0 Å². The highest BCUT2D eigenvalue weighted by Gasteiger charge is 2.44. The Hall–Kier alpha value is -1.97. The summed E-state index contributed by atoms with van der Waals surface area (Å²) in [6.45, 7) is -0.408. The van der Waals surface area contributed by atoms with Crippen LogP contribution in [0.25, 0.3) is 22.5 Å². The van der Waals surface area contributed by atoms with E-state index in [0.29, 0.717) is 27.5 Å². The number of aliphatic hydroxyl groups excluding tert-OH is 3. The van der Waals surface area contributed by atoms with E-state index in [1.165, 1.54) is 17.2 Å². The molecule has 1 fully saturated rings. The highest BCUT2D eigenvalue weighted by molar-refractivity contribution is 6.36. The predicted molar refractivity (Wildman–Crippen MR) is 83.2 cm³/mol. The van der Waals surface area contributed by atoms with Gasteiger partial charge >= 0.3 is 0 Å². The molecule has 0 spiro atoms. The first kappa shape index (κ1) is 15.6. The van der Waals surface area contributed by atoms with Crippen LogP contribution in [-0.4, -0.2) is 54.8 Å². The predicted octanol–water partition coefficient (Wildman–Crippen LogP) is 0.956. The maximum Gasteiger partial charge on any atom is 0.164 e. The molecule has 126 valence electrons. The average molecular weight is 352 g/mol. The third-order valence-corrected chi connectivity index (χ3v) is 4.40. The molecular formula is C15H14ClN3O5. The van der Waals surface area contributed by atoms with Crippen LogP contribution < -0.4 is 0 Å². The first-order valence-corrected chi connectivity index (χ1v) is 7.67. The summed E-state index contributed by atoms with van der Waals surface area (Å²) in [5.41, 5.74) is 0.941. The lowest BCUT2D eigenvalue weighted by Crippen LogP contribution is -2.33. The van der Waals surface area contributed by atoms with Crippen LogP contribution in [0.15, 0.2) is 35.3 Å². The van der Waals surface area contributed by atoms with Crippen LogP contribution in [0.3, 0.4) is 0 Å². The molecule has 0 bridgehead atoms. The minimum atomic E-state index is -1.23. The second kappa shape index (κ2) is 5.83. The van der Waals surface area contributed by atoms with Gasteiger partial charge in [-0.25, -0.2) is 9.97 Å². The number of aliphatic hydroxyl groups is 3. The van der Waals surface area contributed by atoms with Crippen molar-refractivity contribution in [2.24, 2.45) is 0 Å². The molecular weight excluding hydrogens is 338 g/mol. The Balaban J connectivity index is 1.86. The van der Waals surface area contributed by atoms with Gasteiger partial charge in [-0.15, -0.1) is 0 Å². The number of rotatable bonds is 3. The summed E-state index contributed by atoms with van der Waals surface area (Å²) in [5, 5.41) is 30.3. The van der Waals surface area contributed by atoms with Crippen molar-refractivity contribution in [2.45, 2.75) is 24.5 Å². The molecule has 0 saturated carbocycles. The SMILES string of the molecule is OC[C@H]1O[C@@H](n2cc(Cl)c3c(-c4ccco4)ncnc32)C(O)[C@@H]1O. The molecule has 24 heavy (non-hydrogen) atoms. The zero-order chi connectivity index (χ0) is 16.8. The summed E-state index contributed by atoms with van der Waals surface area (Å²) in [7, 11) is 0. The zero-order valence-corrected chi connectivity index (χ0v) is 13.0. The van der Waals surface area contributed by atoms with Crippen LogP contribution in [0, 0.1) is 0 Å². The van der Waals surface area contributed by atoms with Crippen molar-refractivity contribution in [2.75, 3.05) is 6.61 Å². The first-order chi connectivity index (χ1) is 11.6. The molecule has 3 aromatic heterocycles. The molecule has 0 radical (unpaired) electrons. The van der Waals surface area contributed by atoms with E-state index in [1.807, 2.05) is 0 Å². The Labute approximate surface area is 140 Å². The molecule has 4 heterocycles. The van der Waals surface area contributed by atoms with Crippen LogP contribution in [0.1, 0.15) is 6.23 Å². The van der Waals surface area contributed by atoms with E-state index in [9.17, 15) is 15.3 Å². The van der Waals surface area contributed by atoms with Crippen molar-refractivity contribution in [3.05, 3.63) is 35.9 Å². The number of hydrogen-bond acceptors (Lipinski definition) is 7. The molecule has 0 amide bonds. The Bertz CT molecular complexity index is 866. The summed E-state index contributed by atoms with van der Waals surface area (Å²) in [5.74, 6) is 0.531. The second-order valence-electron chi connectivity index (χ2n) is 5.51. The molecule has 9 heteroatoms.